The normalized spacial score (nSPS) is 11.6. The number of aromatic nitrogens is 4. The Kier molecular flexibility index (Phi) is 5.06. The van der Waals surface area contributed by atoms with Crippen molar-refractivity contribution in [3.63, 3.8) is 0 Å². The maximum Gasteiger partial charge on any atom is 0.342 e. The summed E-state index contributed by atoms with van der Waals surface area (Å²) in [6, 6.07) is 6.87. The van der Waals surface area contributed by atoms with Crippen LogP contribution in [0.15, 0.2) is 52.3 Å². The number of rotatable bonds is 5. The van der Waals surface area contributed by atoms with E-state index >= 15 is 0 Å². The zero-order valence-corrected chi connectivity index (χ0v) is 14.0. The second-order valence-electron chi connectivity index (χ2n) is 5.53. The summed E-state index contributed by atoms with van der Waals surface area (Å²) in [4.78, 5) is 40.4. The van der Waals surface area contributed by atoms with Crippen molar-refractivity contribution in [3.05, 3.63) is 80.6 Å². The second kappa shape index (κ2) is 7.60. The molecule has 0 bridgehead atoms. The van der Waals surface area contributed by atoms with E-state index < -0.39 is 34.7 Å². The summed E-state index contributed by atoms with van der Waals surface area (Å²) in [5.74, 6) is -1.05. The van der Waals surface area contributed by atoms with Crippen LogP contribution in [0.4, 0.5) is 4.39 Å². The molecule has 27 heavy (non-hydrogen) atoms. The fraction of sp³-hybridized carbons (Fsp3) is 0.118. The molecule has 0 aliphatic carbocycles. The average molecular weight is 371 g/mol. The quantitative estimate of drug-likeness (QED) is 0.619. The summed E-state index contributed by atoms with van der Waals surface area (Å²) in [5.41, 5.74) is -1.80. The molecular weight excluding hydrogens is 357 g/mol. The van der Waals surface area contributed by atoms with E-state index in [0.717, 1.165) is 0 Å². The van der Waals surface area contributed by atoms with E-state index in [-0.39, 0.29) is 5.75 Å². The lowest BCUT2D eigenvalue weighted by atomic mass is 10.1. The molecule has 3 aromatic rings. The Morgan fingerprint density at radius 1 is 1.30 bits per heavy atom. The van der Waals surface area contributed by atoms with Gasteiger partial charge >= 0.3 is 5.69 Å². The van der Waals surface area contributed by atoms with E-state index in [9.17, 15) is 18.8 Å². The van der Waals surface area contributed by atoms with Gasteiger partial charge in [-0.2, -0.15) is 5.10 Å². The van der Waals surface area contributed by atoms with Crippen LogP contribution in [0.2, 0.25) is 0 Å². The van der Waals surface area contributed by atoms with Crippen LogP contribution in [0.3, 0.4) is 0 Å². The second-order valence-corrected chi connectivity index (χ2v) is 5.53. The van der Waals surface area contributed by atoms with Crippen molar-refractivity contribution < 1.29 is 13.9 Å². The topological polar surface area (TPSA) is 130 Å². The molecule has 1 amide bonds. The Hall–Kier alpha value is -3.82. The van der Waals surface area contributed by atoms with E-state index in [1.165, 1.54) is 18.3 Å². The van der Waals surface area contributed by atoms with Gasteiger partial charge in [0.05, 0.1) is 12.2 Å². The van der Waals surface area contributed by atoms with Crippen molar-refractivity contribution in [1.82, 2.24) is 25.5 Å². The molecule has 0 aliphatic rings. The SMILES string of the molecule is CC(NC(=O)c1n[nH]c(=O)[nH]c1=O)c1ccc(Oc2cccnc2)c(F)c1. The first-order chi connectivity index (χ1) is 12.9. The van der Waals surface area contributed by atoms with E-state index in [0.29, 0.717) is 11.3 Å². The highest BCUT2D eigenvalue weighted by molar-refractivity contribution is 5.91. The lowest BCUT2D eigenvalue weighted by molar-refractivity contribution is 0.0931. The van der Waals surface area contributed by atoms with Crippen LogP contribution in [-0.4, -0.2) is 26.1 Å². The Balaban J connectivity index is 1.74. The third-order valence-electron chi connectivity index (χ3n) is 3.59. The molecule has 138 valence electrons. The number of nitrogens with one attached hydrogen (secondary N) is 3. The minimum absolute atomic E-state index is 0.00372. The molecule has 1 aromatic carbocycles. The van der Waals surface area contributed by atoms with Gasteiger partial charge in [-0.25, -0.2) is 14.3 Å². The lowest BCUT2D eigenvalue weighted by Gasteiger charge is -2.15. The molecule has 0 saturated carbocycles. The maximum atomic E-state index is 14.3. The van der Waals surface area contributed by atoms with Crippen LogP contribution in [0.5, 0.6) is 11.5 Å². The first kappa shape index (κ1) is 18.0. The molecule has 0 saturated heterocycles. The molecule has 0 spiro atoms. The van der Waals surface area contributed by atoms with Gasteiger partial charge in [-0.1, -0.05) is 6.07 Å². The van der Waals surface area contributed by atoms with E-state index in [1.807, 2.05) is 10.1 Å². The van der Waals surface area contributed by atoms with Crippen molar-refractivity contribution in [2.45, 2.75) is 13.0 Å². The largest absolute Gasteiger partial charge is 0.453 e. The molecule has 2 aromatic heterocycles. The van der Waals surface area contributed by atoms with Gasteiger partial charge in [0.15, 0.2) is 11.6 Å². The minimum atomic E-state index is -0.921. The van der Waals surface area contributed by atoms with Crippen LogP contribution in [0, 0.1) is 5.82 Å². The number of aromatic amines is 2. The van der Waals surface area contributed by atoms with Gasteiger partial charge in [0.25, 0.3) is 11.5 Å². The molecule has 1 unspecified atom stereocenters. The zero-order chi connectivity index (χ0) is 19.4. The van der Waals surface area contributed by atoms with Gasteiger partial charge in [-0.05, 0) is 36.8 Å². The van der Waals surface area contributed by atoms with Crippen LogP contribution in [0.1, 0.15) is 29.0 Å². The average Bonchev–Trinajstić information content (AvgIpc) is 2.64. The number of ether oxygens (including phenoxy) is 1. The van der Waals surface area contributed by atoms with Crippen LogP contribution >= 0.6 is 0 Å². The number of pyridine rings is 1. The van der Waals surface area contributed by atoms with Crippen molar-refractivity contribution >= 4 is 5.91 Å². The number of hydrogen-bond acceptors (Lipinski definition) is 6. The van der Waals surface area contributed by atoms with Crippen molar-refractivity contribution in [3.8, 4) is 11.5 Å². The molecule has 3 N–H and O–H groups in total. The van der Waals surface area contributed by atoms with Gasteiger partial charge in [0, 0.05) is 6.20 Å². The summed E-state index contributed by atoms with van der Waals surface area (Å²) in [6.45, 7) is 1.61. The van der Waals surface area contributed by atoms with Crippen LogP contribution in [0.25, 0.3) is 0 Å². The lowest BCUT2D eigenvalue weighted by Crippen LogP contribution is -2.36. The Bertz CT molecular complexity index is 1080. The fourth-order valence-electron chi connectivity index (χ4n) is 2.25. The number of hydrogen-bond donors (Lipinski definition) is 3. The summed E-state index contributed by atoms with van der Waals surface area (Å²) in [7, 11) is 0. The maximum absolute atomic E-state index is 14.3. The molecule has 0 radical (unpaired) electrons. The fourth-order valence-corrected chi connectivity index (χ4v) is 2.25. The first-order valence-corrected chi connectivity index (χ1v) is 7.81. The number of carbonyl (C=O) groups excluding carboxylic acids is 1. The van der Waals surface area contributed by atoms with Gasteiger partial charge in [0.2, 0.25) is 5.69 Å². The first-order valence-electron chi connectivity index (χ1n) is 7.81. The highest BCUT2D eigenvalue weighted by Gasteiger charge is 2.18. The Morgan fingerprint density at radius 3 is 2.78 bits per heavy atom. The number of halogens is 1. The van der Waals surface area contributed by atoms with Gasteiger partial charge in [0.1, 0.15) is 5.75 Å². The summed E-state index contributed by atoms with van der Waals surface area (Å²) >= 11 is 0. The van der Waals surface area contributed by atoms with Crippen molar-refractivity contribution in [2.24, 2.45) is 0 Å². The molecule has 2 heterocycles. The van der Waals surface area contributed by atoms with E-state index in [4.69, 9.17) is 4.74 Å². The summed E-state index contributed by atoms with van der Waals surface area (Å²) < 4.78 is 19.7. The number of amides is 1. The minimum Gasteiger partial charge on any atom is -0.453 e. The zero-order valence-electron chi connectivity index (χ0n) is 14.0. The number of carbonyl (C=O) groups is 1. The third kappa shape index (κ3) is 4.24. The number of H-pyrrole nitrogens is 2. The molecular formula is C17H14FN5O4. The smallest absolute Gasteiger partial charge is 0.342 e. The Morgan fingerprint density at radius 2 is 2.11 bits per heavy atom. The molecule has 1 atom stereocenters. The van der Waals surface area contributed by atoms with Gasteiger partial charge in [-0.15, -0.1) is 0 Å². The highest BCUT2D eigenvalue weighted by Crippen LogP contribution is 2.26. The van der Waals surface area contributed by atoms with Crippen molar-refractivity contribution in [2.75, 3.05) is 0 Å². The summed E-state index contributed by atoms with van der Waals surface area (Å²) in [6.07, 6.45) is 3.02. The summed E-state index contributed by atoms with van der Waals surface area (Å²) in [5, 5.41) is 7.89. The molecule has 0 fully saturated rings. The molecule has 9 nitrogen and oxygen atoms in total. The van der Waals surface area contributed by atoms with Crippen molar-refractivity contribution in [1.29, 1.82) is 0 Å². The highest BCUT2D eigenvalue weighted by atomic mass is 19.1. The standard InChI is InChI=1S/C17H14FN5O4/c1-9(20-15(24)14-16(25)21-17(26)23-22-14)10-4-5-13(12(18)7-10)27-11-3-2-6-19-8-11/h2-9H,1H3,(H,20,24)(H2,21,23,25,26). The predicted octanol–water partition coefficient (Wildman–Crippen LogP) is 1.28. The van der Waals surface area contributed by atoms with Gasteiger partial charge in [-0.3, -0.25) is 19.6 Å². The number of benzene rings is 1. The molecule has 0 aliphatic heterocycles. The molecule has 10 heteroatoms. The van der Waals surface area contributed by atoms with Crippen LogP contribution in [-0.2, 0) is 0 Å². The third-order valence-corrected chi connectivity index (χ3v) is 3.59. The monoisotopic (exact) mass is 371 g/mol. The van der Waals surface area contributed by atoms with Gasteiger partial charge < -0.3 is 10.1 Å². The Labute approximate surface area is 151 Å². The van der Waals surface area contributed by atoms with E-state index in [2.05, 4.69) is 15.4 Å². The van der Waals surface area contributed by atoms with E-state index in [1.54, 1.807) is 31.3 Å². The molecule has 3 rings (SSSR count). The predicted molar refractivity (Wildman–Crippen MR) is 92.1 cm³/mol. The number of nitrogens with zero attached hydrogens (tertiary/aromatic N) is 2. The van der Waals surface area contributed by atoms with Crippen LogP contribution < -0.4 is 21.3 Å².